The molecule has 0 spiro atoms. The van der Waals surface area contributed by atoms with Crippen molar-refractivity contribution >= 4 is 22.4 Å². The zero-order chi connectivity index (χ0) is 12.8. The standard InChI is InChI=1S/C12H17ClFNOS/c1-3-6-15-9(2)8-17(16)10-4-5-12(14)11(13)7-10/h4-5,7,9,15H,3,6,8H2,1-2H3. The maximum atomic E-state index is 12.9. The van der Waals surface area contributed by atoms with Gasteiger partial charge in [0.2, 0.25) is 0 Å². The van der Waals surface area contributed by atoms with Gasteiger partial charge in [0, 0.05) is 16.7 Å². The summed E-state index contributed by atoms with van der Waals surface area (Å²) in [6.07, 6.45) is 1.04. The summed E-state index contributed by atoms with van der Waals surface area (Å²) in [4.78, 5) is 0.571. The van der Waals surface area contributed by atoms with E-state index in [1.165, 1.54) is 18.2 Å². The molecule has 0 heterocycles. The molecule has 0 aromatic heterocycles. The lowest BCUT2D eigenvalue weighted by Crippen LogP contribution is -2.31. The van der Waals surface area contributed by atoms with Crippen LogP contribution in [0, 0.1) is 5.82 Å². The SMILES string of the molecule is CCCNC(C)CS(=O)c1ccc(F)c(Cl)c1. The Labute approximate surface area is 109 Å². The van der Waals surface area contributed by atoms with Crippen LogP contribution in [0.2, 0.25) is 5.02 Å². The normalized spacial score (nSPS) is 14.6. The fourth-order valence-electron chi connectivity index (χ4n) is 1.39. The van der Waals surface area contributed by atoms with E-state index < -0.39 is 16.6 Å². The average molecular weight is 278 g/mol. The van der Waals surface area contributed by atoms with Crippen LogP contribution in [-0.4, -0.2) is 22.5 Å². The lowest BCUT2D eigenvalue weighted by Gasteiger charge is -2.12. The van der Waals surface area contributed by atoms with Gasteiger partial charge in [-0.05, 0) is 38.1 Å². The Morgan fingerprint density at radius 2 is 2.24 bits per heavy atom. The summed E-state index contributed by atoms with van der Waals surface area (Å²) in [5, 5.41) is 3.28. The Morgan fingerprint density at radius 3 is 2.82 bits per heavy atom. The molecule has 0 aliphatic heterocycles. The van der Waals surface area contributed by atoms with E-state index in [0.29, 0.717) is 10.6 Å². The predicted molar refractivity (Wildman–Crippen MR) is 70.4 cm³/mol. The summed E-state index contributed by atoms with van der Waals surface area (Å²) in [7, 11) is -1.15. The van der Waals surface area contributed by atoms with Crippen LogP contribution in [0.15, 0.2) is 23.1 Å². The minimum Gasteiger partial charge on any atom is -0.313 e. The maximum Gasteiger partial charge on any atom is 0.141 e. The Kier molecular flexibility index (Phi) is 6.09. The average Bonchev–Trinajstić information content (AvgIpc) is 2.30. The van der Waals surface area contributed by atoms with Crippen molar-refractivity contribution in [1.82, 2.24) is 5.32 Å². The monoisotopic (exact) mass is 277 g/mol. The summed E-state index contributed by atoms with van der Waals surface area (Å²) in [5.41, 5.74) is 0. The van der Waals surface area contributed by atoms with Crippen molar-refractivity contribution in [2.75, 3.05) is 12.3 Å². The number of rotatable bonds is 6. The van der Waals surface area contributed by atoms with E-state index in [4.69, 9.17) is 11.6 Å². The van der Waals surface area contributed by atoms with E-state index in [0.717, 1.165) is 13.0 Å². The van der Waals surface area contributed by atoms with Gasteiger partial charge in [0.1, 0.15) is 5.82 Å². The molecule has 0 fully saturated rings. The molecular formula is C12H17ClFNOS. The molecule has 1 rings (SSSR count). The lowest BCUT2D eigenvalue weighted by molar-refractivity contribution is 0.582. The number of hydrogen-bond acceptors (Lipinski definition) is 2. The molecule has 1 N–H and O–H groups in total. The van der Waals surface area contributed by atoms with Crippen molar-refractivity contribution in [2.45, 2.75) is 31.2 Å². The van der Waals surface area contributed by atoms with Crippen molar-refractivity contribution in [3.05, 3.63) is 29.0 Å². The van der Waals surface area contributed by atoms with Crippen LogP contribution in [0.5, 0.6) is 0 Å². The smallest absolute Gasteiger partial charge is 0.141 e. The summed E-state index contributed by atoms with van der Waals surface area (Å²) in [5.74, 6) is 0.0201. The highest BCUT2D eigenvalue weighted by Gasteiger charge is 2.11. The first-order chi connectivity index (χ1) is 8.04. The molecule has 0 saturated carbocycles. The van der Waals surface area contributed by atoms with Crippen LogP contribution in [-0.2, 0) is 10.8 Å². The largest absolute Gasteiger partial charge is 0.313 e. The molecule has 17 heavy (non-hydrogen) atoms. The number of nitrogens with one attached hydrogen (secondary N) is 1. The number of benzene rings is 1. The molecule has 2 atom stereocenters. The molecule has 1 aromatic rings. The van der Waals surface area contributed by atoms with Crippen molar-refractivity contribution in [3.8, 4) is 0 Å². The third-order valence-electron chi connectivity index (χ3n) is 2.30. The second kappa shape index (κ2) is 7.09. The molecule has 1 aromatic carbocycles. The van der Waals surface area contributed by atoms with Gasteiger partial charge >= 0.3 is 0 Å². The molecule has 0 bridgehead atoms. The predicted octanol–water partition coefficient (Wildman–Crippen LogP) is 2.97. The molecule has 5 heteroatoms. The van der Waals surface area contributed by atoms with Crippen LogP contribution < -0.4 is 5.32 Å². The lowest BCUT2D eigenvalue weighted by atomic mass is 10.3. The summed E-state index contributed by atoms with van der Waals surface area (Å²) < 4.78 is 24.9. The van der Waals surface area contributed by atoms with Crippen LogP contribution in [0.25, 0.3) is 0 Å². The van der Waals surface area contributed by atoms with Crippen LogP contribution in [0.1, 0.15) is 20.3 Å². The first-order valence-electron chi connectivity index (χ1n) is 5.61. The molecule has 2 nitrogen and oxygen atoms in total. The molecule has 0 aliphatic carbocycles. The Bertz CT molecular complexity index is 400. The van der Waals surface area contributed by atoms with Gasteiger partial charge in [0.15, 0.2) is 0 Å². The van der Waals surface area contributed by atoms with Gasteiger partial charge in [-0.3, -0.25) is 4.21 Å². The van der Waals surface area contributed by atoms with E-state index in [9.17, 15) is 8.60 Å². The second-order valence-electron chi connectivity index (χ2n) is 3.94. The van der Waals surface area contributed by atoms with Crippen molar-refractivity contribution in [2.24, 2.45) is 0 Å². The topological polar surface area (TPSA) is 29.1 Å². The minimum atomic E-state index is -1.15. The van der Waals surface area contributed by atoms with Gasteiger partial charge < -0.3 is 5.32 Å². The maximum absolute atomic E-state index is 12.9. The zero-order valence-electron chi connectivity index (χ0n) is 10.0. The van der Waals surface area contributed by atoms with E-state index in [1.54, 1.807) is 0 Å². The molecule has 0 aliphatic rings. The third kappa shape index (κ3) is 4.74. The fraction of sp³-hybridized carbons (Fsp3) is 0.500. The third-order valence-corrected chi connectivity index (χ3v) is 4.17. The van der Waals surface area contributed by atoms with Crippen LogP contribution in [0.3, 0.4) is 0 Å². The Hall–Kier alpha value is -0.450. The Morgan fingerprint density at radius 1 is 1.53 bits per heavy atom. The molecule has 2 unspecified atom stereocenters. The van der Waals surface area contributed by atoms with Gasteiger partial charge in [-0.25, -0.2) is 4.39 Å². The van der Waals surface area contributed by atoms with Crippen molar-refractivity contribution in [1.29, 1.82) is 0 Å². The van der Waals surface area contributed by atoms with E-state index in [1.807, 2.05) is 6.92 Å². The molecule has 96 valence electrons. The summed E-state index contributed by atoms with van der Waals surface area (Å²) >= 11 is 5.65. The van der Waals surface area contributed by atoms with Crippen molar-refractivity contribution < 1.29 is 8.60 Å². The van der Waals surface area contributed by atoms with Crippen molar-refractivity contribution in [3.63, 3.8) is 0 Å². The van der Waals surface area contributed by atoms with E-state index >= 15 is 0 Å². The van der Waals surface area contributed by atoms with Gasteiger partial charge in [0.05, 0.1) is 15.8 Å². The first kappa shape index (κ1) is 14.6. The highest BCUT2D eigenvalue weighted by Crippen LogP contribution is 2.18. The number of hydrogen-bond donors (Lipinski definition) is 1. The molecular weight excluding hydrogens is 261 g/mol. The van der Waals surface area contributed by atoms with Gasteiger partial charge in [0.25, 0.3) is 0 Å². The van der Waals surface area contributed by atoms with Gasteiger partial charge in [-0.15, -0.1) is 0 Å². The summed E-state index contributed by atoms with van der Waals surface area (Å²) in [6.45, 7) is 4.97. The van der Waals surface area contributed by atoms with Gasteiger partial charge in [-0.1, -0.05) is 18.5 Å². The first-order valence-corrected chi connectivity index (χ1v) is 7.31. The van der Waals surface area contributed by atoms with Gasteiger partial charge in [-0.2, -0.15) is 0 Å². The fourth-order valence-corrected chi connectivity index (χ4v) is 2.87. The number of halogens is 2. The molecule has 0 amide bonds. The molecule has 0 radical (unpaired) electrons. The Balaban J connectivity index is 2.60. The second-order valence-corrected chi connectivity index (χ2v) is 5.85. The highest BCUT2D eigenvalue weighted by molar-refractivity contribution is 7.85. The molecule has 0 saturated heterocycles. The van der Waals surface area contributed by atoms with Crippen LogP contribution in [0.4, 0.5) is 4.39 Å². The quantitative estimate of drug-likeness (QED) is 0.866. The van der Waals surface area contributed by atoms with E-state index in [-0.39, 0.29) is 11.1 Å². The summed E-state index contributed by atoms with van der Waals surface area (Å²) in [6, 6.07) is 4.36. The van der Waals surface area contributed by atoms with Crippen LogP contribution >= 0.6 is 11.6 Å². The zero-order valence-corrected chi connectivity index (χ0v) is 11.6. The highest BCUT2D eigenvalue weighted by atomic mass is 35.5. The minimum absolute atomic E-state index is 0.0185. The van der Waals surface area contributed by atoms with E-state index in [2.05, 4.69) is 12.2 Å².